The average molecular weight is 367 g/mol. The molecule has 140 valence electrons. The number of nitrogens with one attached hydrogen (secondary N) is 2. The Morgan fingerprint density at radius 1 is 1.00 bits per heavy atom. The lowest BCUT2D eigenvalue weighted by Gasteiger charge is -2.05. The Balaban J connectivity index is 1.42. The summed E-state index contributed by atoms with van der Waals surface area (Å²) in [6.07, 6.45) is 0.583. The first-order chi connectivity index (χ1) is 13.0. The Labute approximate surface area is 156 Å². The SMILES string of the molecule is Cc1cc(C)c(C(=O)NCCCNC(=O)c2cc(-c3ccccc3)on2)o1. The van der Waals surface area contributed by atoms with Gasteiger partial charge in [-0.1, -0.05) is 35.5 Å². The molecule has 27 heavy (non-hydrogen) atoms. The maximum Gasteiger partial charge on any atom is 0.287 e. The van der Waals surface area contributed by atoms with Crippen LogP contribution in [0.5, 0.6) is 0 Å². The molecule has 0 saturated carbocycles. The maximum absolute atomic E-state index is 12.1. The van der Waals surface area contributed by atoms with Gasteiger partial charge in [-0.3, -0.25) is 9.59 Å². The summed E-state index contributed by atoms with van der Waals surface area (Å²) < 4.78 is 10.6. The van der Waals surface area contributed by atoms with Crippen molar-refractivity contribution < 1.29 is 18.5 Å². The number of nitrogens with zero attached hydrogens (tertiary/aromatic N) is 1. The van der Waals surface area contributed by atoms with Crippen LogP contribution in [0.3, 0.4) is 0 Å². The van der Waals surface area contributed by atoms with Crippen LogP contribution < -0.4 is 10.6 Å². The number of amides is 2. The molecular formula is C20H21N3O4. The minimum atomic E-state index is -0.315. The second kappa shape index (κ2) is 8.35. The zero-order chi connectivity index (χ0) is 19.2. The predicted octanol–water partition coefficient (Wildman–Crippen LogP) is 3.10. The van der Waals surface area contributed by atoms with E-state index in [4.69, 9.17) is 8.94 Å². The lowest BCUT2D eigenvalue weighted by atomic mass is 10.1. The molecule has 2 aromatic heterocycles. The largest absolute Gasteiger partial charge is 0.456 e. The van der Waals surface area contributed by atoms with E-state index in [1.807, 2.05) is 43.3 Å². The molecule has 7 nitrogen and oxygen atoms in total. The van der Waals surface area contributed by atoms with E-state index in [1.165, 1.54) is 0 Å². The molecular weight excluding hydrogens is 346 g/mol. The van der Waals surface area contributed by atoms with Crippen LogP contribution in [-0.4, -0.2) is 30.1 Å². The molecule has 0 fully saturated rings. The van der Waals surface area contributed by atoms with Gasteiger partial charge in [-0.05, 0) is 26.3 Å². The van der Waals surface area contributed by atoms with Crippen LogP contribution in [0.4, 0.5) is 0 Å². The Morgan fingerprint density at radius 3 is 2.37 bits per heavy atom. The lowest BCUT2D eigenvalue weighted by Crippen LogP contribution is -2.30. The molecule has 0 atom stereocenters. The van der Waals surface area contributed by atoms with E-state index < -0.39 is 0 Å². The van der Waals surface area contributed by atoms with Crippen molar-refractivity contribution in [2.75, 3.05) is 13.1 Å². The van der Waals surface area contributed by atoms with Crippen molar-refractivity contribution in [1.29, 1.82) is 0 Å². The van der Waals surface area contributed by atoms with Gasteiger partial charge in [0.2, 0.25) is 0 Å². The highest BCUT2D eigenvalue weighted by atomic mass is 16.5. The molecule has 7 heteroatoms. The number of hydrogen-bond acceptors (Lipinski definition) is 5. The maximum atomic E-state index is 12.1. The van der Waals surface area contributed by atoms with Gasteiger partial charge >= 0.3 is 0 Å². The van der Waals surface area contributed by atoms with Crippen molar-refractivity contribution in [3.8, 4) is 11.3 Å². The summed E-state index contributed by atoms with van der Waals surface area (Å²) in [5.74, 6) is 0.998. The van der Waals surface area contributed by atoms with Crippen molar-refractivity contribution in [2.45, 2.75) is 20.3 Å². The Hall–Kier alpha value is -3.35. The Kier molecular flexibility index (Phi) is 5.71. The predicted molar refractivity (Wildman–Crippen MR) is 99.4 cm³/mol. The first-order valence-corrected chi connectivity index (χ1v) is 8.70. The van der Waals surface area contributed by atoms with Crippen LogP contribution in [0, 0.1) is 13.8 Å². The van der Waals surface area contributed by atoms with Gasteiger partial charge in [0.25, 0.3) is 11.8 Å². The topological polar surface area (TPSA) is 97.4 Å². The molecule has 1 aromatic carbocycles. The van der Waals surface area contributed by atoms with Gasteiger partial charge in [-0.2, -0.15) is 0 Å². The van der Waals surface area contributed by atoms with Crippen molar-refractivity contribution in [1.82, 2.24) is 15.8 Å². The molecule has 0 radical (unpaired) electrons. The van der Waals surface area contributed by atoms with Gasteiger partial charge in [-0.25, -0.2) is 0 Å². The average Bonchev–Trinajstić information content (AvgIpc) is 3.28. The van der Waals surface area contributed by atoms with E-state index in [9.17, 15) is 9.59 Å². The van der Waals surface area contributed by atoms with Crippen molar-refractivity contribution >= 4 is 11.8 Å². The molecule has 3 aromatic rings. The zero-order valence-electron chi connectivity index (χ0n) is 15.2. The molecule has 2 heterocycles. The molecule has 0 unspecified atom stereocenters. The van der Waals surface area contributed by atoms with Crippen molar-refractivity contribution in [2.24, 2.45) is 0 Å². The van der Waals surface area contributed by atoms with Gasteiger partial charge in [0.1, 0.15) is 5.76 Å². The normalized spacial score (nSPS) is 10.6. The number of rotatable bonds is 7. The fourth-order valence-electron chi connectivity index (χ4n) is 2.65. The number of aromatic nitrogens is 1. The van der Waals surface area contributed by atoms with Crippen molar-refractivity contribution in [3.63, 3.8) is 0 Å². The molecule has 0 bridgehead atoms. The van der Waals surface area contributed by atoms with Crippen LogP contribution in [0.15, 0.2) is 51.4 Å². The van der Waals surface area contributed by atoms with Gasteiger partial charge in [0.05, 0.1) is 0 Å². The summed E-state index contributed by atoms with van der Waals surface area (Å²) in [6.45, 7) is 4.45. The molecule has 2 amide bonds. The zero-order valence-corrected chi connectivity index (χ0v) is 15.2. The minimum Gasteiger partial charge on any atom is -0.456 e. The summed E-state index contributed by atoms with van der Waals surface area (Å²) in [7, 11) is 0. The third-order valence-electron chi connectivity index (χ3n) is 3.97. The van der Waals surface area contributed by atoms with E-state index in [1.54, 1.807) is 13.0 Å². The number of hydrogen-bond donors (Lipinski definition) is 2. The van der Waals surface area contributed by atoms with Crippen LogP contribution in [0.1, 0.15) is 38.8 Å². The molecule has 3 rings (SSSR count). The smallest absolute Gasteiger partial charge is 0.287 e. The molecule has 0 aliphatic heterocycles. The third kappa shape index (κ3) is 4.63. The van der Waals surface area contributed by atoms with Crippen LogP contribution >= 0.6 is 0 Å². The monoisotopic (exact) mass is 367 g/mol. The molecule has 0 spiro atoms. The van der Waals surface area contributed by atoms with Crippen LogP contribution in [0.2, 0.25) is 0 Å². The van der Waals surface area contributed by atoms with Gasteiger partial charge in [0.15, 0.2) is 17.2 Å². The van der Waals surface area contributed by atoms with E-state index in [0.717, 1.165) is 11.1 Å². The van der Waals surface area contributed by atoms with E-state index in [0.29, 0.717) is 36.8 Å². The van der Waals surface area contributed by atoms with Crippen LogP contribution in [0.25, 0.3) is 11.3 Å². The van der Waals surface area contributed by atoms with E-state index in [-0.39, 0.29) is 17.5 Å². The number of benzene rings is 1. The first-order valence-electron chi connectivity index (χ1n) is 8.70. The van der Waals surface area contributed by atoms with E-state index >= 15 is 0 Å². The summed E-state index contributed by atoms with van der Waals surface area (Å²) in [6, 6.07) is 12.9. The Bertz CT molecular complexity index is 928. The second-order valence-corrected chi connectivity index (χ2v) is 6.18. The standard InChI is InChI=1S/C20H21N3O4/c1-13-11-14(2)26-18(13)20(25)22-10-6-9-21-19(24)16-12-17(27-23-16)15-7-4-3-5-8-15/h3-5,7-8,11-12H,6,9-10H2,1-2H3,(H,21,24)(H,22,25). The third-order valence-corrected chi connectivity index (χ3v) is 3.97. The Morgan fingerprint density at radius 2 is 1.70 bits per heavy atom. The van der Waals surface area contributed by atoms with Gasteiger partial charge < -0.3 is 19.6 Å². The highest BCUT2D eigenvalue weighted by Crippen LogP contribution is 2.19. The molecule has 2 N–H and O–H groups in total. The number of carbonyl (C=O) groups is 2. The summed E-state index contributed by atoms with van der Waals surface area (Å²) >= 11 is 0. The van der Waals surface area contributed by atoms with Gasteiger partial charge in [-0.15, -0.1) is 0 Å². The van der Waals surface area contributed by atoms with Crippen molar-refractivity contribution in [3.05, 3.63) is 65.2 Å². The highest BCUT2D eigenvalue weighted by Gasteiger charge is 2.15. The second-order valence-electron chi connectivity index (χ2n) is 6.18. The quantitative estimate of drug-likeness (QED) is 0.626. The van der Waals surface area contributed by atoms with Gasteiger partial charge in [0, 0.05) is 30.3 Å². The fourth-order valence-corrected chi connectivity index (χ4v) is 2.65. The fraction of sp³-hybridized carbons (Fsp3) is 0.250. The lowest BCUT2D eigenvalue weighted by molar-refractivity contribution is 0.0923. The number of carbonyl (C=O) groups excluding carboxylic acids is 2. The molecule has 0 aliphatic rings. The summed E-state index contributed by atoms with van der Waals surface area (Å²) in [5, 5.41) is 9.33. The first kappa shape index (κ1) is 18.4. The summed E-state index contributed by atoms with van der Waals surface area (Å²) in [4.78, 5) is 24.1. The minimum absolute atomic E-state index is 0.222. The molecule has 0 saturated heterocycles. The summed E-state index contributed by atoms with van der Waals surface area (Å²) in [5.41, 5.74) is 1.88. The van der Waals surface area contributed by atoms with E-state index in [2.05, 4.69) is 15.8 Å². The molecule has 0 aliphatic carbocycles. The number of furan rings is 1. The number of aryl methyl sites for hydroxylation is 2. The highest BCUT2D eigenvalue weighted by molar-refractivity contribution is 5.93. The van der Waals surface area contributed by atoms with Crippen LogP contribution in [-0.2, 0) is 0 Å².